The molecule has 1 aromatic rings. The SMILES string of the molecule is Cc1ccc(CNC(=O)C2CC=CCC2C(=O)O)o1. The van der Waals surface area contributed by atoms with Crippen molar-refractivity contribution in [2.75, 3.05) is 0 Å². The number of carbonyl (C=O) groups is 2. The summed E-state index contributed by atoms with van der Waals surface area (Å²) in [6.07, 6.45) is 4.56. The molecule has 0 fully saturated rings. The average molecular weight is 263 g/mol. The maximum Gasteiger partial charge on any atom is 0.307 e. The van der Waals surface area contributed by atoms with E-state index >= 15 is 0 Å². The summed E-state index contributed by atoms with van der Waals surface area (Å²) >= 11 is 0. The standard InChI is InChI=1S/C14H17NO4/c1-9-6-7-10(19-9)8-15-13(16)11-4-2-3-5-12(11)14(17)18/h2-3,6-7,11-12H,4-5,8H2,1H3,(H,15,16)(H,17,18). The predicted molar refractivity (Wildman–Crippen MR) is 68.3 cm³/mol. The molecule has 1 aliphatic rings. The van der Waals surface area contributed by atoms with E-state index in [4.69, 9.17) is 9.52 Å². The lowest BCUT2D eigenvalue weighted by atomic mass is 9.82. The largest absolute Gasteiger partial charge is 0.481 e. The smallest absolute Gasteiger partial charge is 0.307 e. The van der Waals surface area contributed by atoms with Crippen molar-refractivity contribution in [3.8, 4) is 0 Å². The van der Waals surface area contributed by atoms with Gasteiger partial charge in [-0.2, -0.15) is 0 Å². The van der Waals surface area contributed by atoms with E-state index in [-0.39, 0.29) is 5.91 Å². The molecule has 0 saturated carbocycles. The number of aryl methyl sites for hydroxylation is 1. The predicted octanol–water partition coefficient (Wildman–Crippen LogP) is 1.87. The number of carbonyl (C=O) groups excluding carboxylic acids is 1. The summed E-state index contributed by atoms with van der Waals surface area (Å²) in [5, 5.41) is 11.9. The highest BCUT2D eigenvalue weighted by molar-refractivity contribution is 5.85. The van der Waals surface area contributed by atoms with E-state index in [1.54, 1.807) is 6.07 Å². The van der Waals surface area contributed by atoms with Gasteiger partial charge in [0.15, 0.2) is 0 Å². The van der Waals surface area contributed by atoms with Crippen molar-refractivity contribution in [3.63, 3.8) is 0 Å². The molecule has 0 radical (unpaired) electrons. The number of hydrogen-bond donors (Lipinski definition) is 2. The molecule has 0 aromatic carbocycles. The van der Waals surface area contributed by atoms with Gasteiger partial charge in [-0.1, -0.05) is 12.2 Å². The summed E-state index contributed by atoms with van der Waals surface area (Å²) in [6.45, 7) is 2.12. The van der Waals surface area contributed by atoms with Crippen molar-refractivity contribution in [3.05, 3.63) is 35.8 Å². The van der Waals surface area contributed by atoms with E-state index in [2.05, 4.69) is 5.32 Å². The zero-order chi connectivity index (χ0) is 13.8. The van der Waals surface area contributed by atoms with Crippen molar-refractivity contribution < 1.29 is 19.1 Å². The molecule has 0 saturated heterocycles. The summed E-state index contributed by atoms with van der Waals surface area (Å²) < 4.78 is 5.35. The summed E-state index contributed by atoms with van der Waals surface area (Å²) in [6, 6.07) is 3.62. The first-order valence-corrected chi connectivity index (χ1v) is 6.28. The average Bonchev–Trinajstić information content (AvgIpc) is 2.81. The number of aliphatic carboxylic acids is 1. The Kier molecular flexibility index (Phi) is 4.04. The van der Waals surface area contributed by atoms with E-state index in [9.17, 15) is 9.59 Å². The molecular weight excluding hydrogens is 246 g/mol. The van der Waals surface area contributed by atoms with Crippen LogP contribution < -0.4 is 5.32 Å². The molecule has 1 heterocycles. The summed E-state index contributed by atoms with van der Waals surface area (Å²) in [4.78, 5) is 23.2. The monoisotopic (exact) mass is 263 g/mol. The fourth-order valence-corrected chi connectivity index (χ4v) is 2.26. The molecule has 2 unspecified atom stereocenters. The van der Waals surface area contributed by atoms with Crippen LogP contribution in [0.15, 0.2) is 28.7 Å². The molecule has 0 spiro atoms. The molecule has 2 atom stereocenters. The number of carboxylic acid groups (broad SMARTS) is 1. The second-order valence-electron chi connectivity index (χ2n) is 4.72. The lowest BCUT2D eigenvalue weighted by molar-refractivity contribution is -0.147. The Bertz CT molecular complexity index is 503. The Balaban J connectivity index is 1.95. The topological polar surface area (TPSA) is 79.5 Å². The molecule has 2 N–H and O–H groups in total. The van der Waals surface area contributed by atoms with Gasteiger partial charge in [-0.05, 0) is 31.9 Å². The lowest BCUT2D eigenvalue weighted by Gasteiger charge is -2.23. The summed E-state index contributed by atoms with van der Waals surface area (Å²) in [5.74, 6) is -0.830. The second-order valence-corrected chi connectivity index (χ2v) is 4.72. The molecule has 0 bridgehead atoms. The Labute approximate surface area is 111 Å². The number of carboxylic acids is 1. The molecule has 5 nitrogen and oxygen atoms in total. The minimum absolute atomic E-state index is 0.231. The highest BCUT2D eigenvalue weighted by atomic mass is 16.4. The zero-order valence-corrected chi connectivity index (χ0v) is 10.8. The van der Waals surface area contributed by atoms with Gasteiger partial charge in [0.25, 0.3) is 0 Å². The van der Waals surface area contributed by atoms with Gasteiger partial charge in [0.1, 0.15) is 11.5 Å². The van der Waals surface area contributed by atoms with Crippen molar-refractivity contribution in [1.29, 1.82) is 0 Å². The van der Waals surface area contributed by atoms with Crippen LogP contribution >= 0.6 is 0 Å². The third-order valence-corrected chi connectivity index (χ3v) is 3.32. The van der Waals surface area contributed by atoms with Gasteiger partial charge in [-0.3, -0.25) is 9.59 Å². The van der Waals surface area contributed by atoms with Crippen molar-refractivity contribution in [2.24, 2.45) is 11.8 Å². The van der Waals surface area contributed by atoms with Gasteiger partial charge in [0.2, 0.25) is 5.91 Å². The van der Waals surface area contributed by atoms with Crippen molar-refractivity contribution in [2.45, 2.75) is 26.3 Å². The first kappa shape index (κ1) is 13.4. The number of rotatable bonds is 4. The third-order valence-electron chi connectivity index (χ3n) is 3.32. The highest BCUT2D eigenvalue weighted by Gasteiger charge is 2.33. The molecule has 1 aliphatic carbocycles. The van der Waals surface area contributed by atoms with E-state index in [0.717, 1.165) is 5.76 Å². The zero-order valence-electron chi connectivity index (χ0n) is 10.8. The summed E-state index contributed by atoms with van der Waals surface area (Å²) in [7, 11) is 0. The molecule has 5 heteroatoms. The molecule has 1 aromatic heterocycles. The van der Waals surface area contributed by atoms with Gasteiger partial charge < -0.3 is 14.8 Å². The summed E-state index contributed by atoms with van der Waals surface area (Å²) in [5.41, 5.74) is 0. The molecule has 1 amide bonds. The number of hydrogen-bond acceptors (Lipinski definition) is 3. The third kappa shape index (κ3) is 3.24. The molecule has 19 heavy (non-hydrogen) atoms. The van der Waals surface area contributed by atoms with Gasteiger partial charge in [0, 0.05) is 0 Å². The highest BCUT2D eigenvalue weighted by Crippen LogP contribution is 2.26. The number of furan rings is 1. The maximum atomic E-state index is 12.0. The minimum atomic E-state index is -0.918. The number of amides is 1. The van der Waals surface area contributed by atoms with Crippen LogP contribution in [0.5, 0.6) is 0 Å². The van der Waals surface area contributed by atoms with E-state index < -0.39 is 17.8 Å². The first-order valence-electron chi connectivity index (χ1n) is 6.28. The van der Waals surface area contributed by atoms with Crippen molar-refractivity contribution in [1.82, 2.24) is 5.32 Å². The lowest BCUT2D eigenvalue weighted by Crippen LogP contribution is -2.38. The van der Waals surface area contributed by atoms with E-state index in [1.165, 1.54) is 0 Å². The Morgan fingerprint density at radius 1 is 1.32 bits per heavy atom. The van der Waals surface area contributed by atoms with Gasteiger partial charge in [-0.25, -0.2) is 0 Å². The fraction of sp³-hybridized carbons (Fsp3) is 0.429. The van der Waals surface area contributed by atoms with Gasteiger partial charge in [0.05, 0.1) is 18.4 Å². The van der Waals surface area contributed by atoms with Crippen LogP contribution in [0.1, 0.15) is 24.4 Å². The Morgan fingerprint density at radius 3 is 2.58 bits per heavy atom. The first-order chi connectivity index (χ1) is 9.08. The van der Waals surface area contributed by atoms with Crippen LogP contribution in [0.2, 0.25) is 0 Å². The van der Waals surface area contributed by atoms with Crippen LogP contribution in [-0.2, 0) is 16.1 Å². The quantitative estimate of drug-likeness (QED) is 0.813. The minimum Gasteiger partial charge on any atom is -0.481 e. The van der Waals surface area contributed by atoms with Crippen LogP contribution in [0, 0.1) is 18.8 Å². The fourth-order valence-electron chi connectivity index (χ4n) is 2.26. The normalized spacial score (nSPS) is 22.2. The van der Waals surface area contributed by atoms with E-state index in [1.807, 2.05) is 25.1 Å². The van der Waals surface area contributed by atoms with Gasteiger partial charge in [-0.15, -0.1) is 0 Å². The van der Waals surface area contributed by atoms with Gasteiger partial charge >= 0.3 is 5.97 Å². The van der Waals surface area contributed by atoms with Crippen LogP contribution in [0.4, 0.5) is 0 Å². The Morgan fingerprint density at radius 2 is 2.00 bits per heavy atom. The van der Waals surface area contributed by atoms with Crippen LogP contribution in [-0.4, -0.2) is 17.0 Å². The molecule has 0 aliphatic heterocycles. The van der Waals surface area contributed by atoms with Crippen LogP contribution in [0.3, 0.4) is 0 Å². The maximum absolute atomic E-state index is 12.0. The second kappa shape index (κ2) is 5.73. The number of nitrogens with one attached hydrogen (secondary N) is 1. The molecule has 102 valence electrons. The van der Waals surface area contributed by atoms with E-state index in [0.29, 0.717) is 25.1 Å². The molecule has 2 rings (SSSR count). The Hall–Kier alpha value is -2.04. The number of allylic oxidation sites excluding steroid dienone is 2. The van der Waals surface area contributed by atoms with Crippen LogP contribution in [0.25, 0.3) is 0 Å². The molecular formula is C14H17NO4. The van der Waals surface area contributed by atoms with Crippen molar-refractivity contribution >= 4 is 11.9 Å².